The first kappa shape index (κ1) is 27.0. The van der Waals surface area contributed by atoms with Gasteiger partial charge in [0.1, 0.15) is 0 Å². The highest BCUT2D eigenvalue weighted by Gasteiger charge is 2.35. The lowest BCUT2D eigenvalue weighted by molar-refractivity contribution is -0.120. The van der Waals surface area contributed by atoms with Crippen molar-refractivity contribution < 1.29 is 14.7 Å². The van der Waals surface area contributed by atoms with E-state index in [1.54, 1.807) is 0 Å². The number of carbonyl (C=O) groups is 2. The number of rotatable bonds is 17. The molecule has 0 heterocycles. The third-order valence-electron chi connectivity index (χ3n) is 6.05. The first-order valence-electron chi connectivity index (χ1n) is 12.0. The summed E-state index contributed by atoms with van der Waals surface area (Å²) >= 11 is 1.39. The Balaban J connectivity index is 2.30. The first-order chi connectivity index (χ1) is 14.5. The zero-order valence-corrected chi connectivity index (χ0v) is 19.8. The first-order valence-corrected chi connectivity index (χ1v) is 13.1. The molecule has 30 heavy (non-hydrogen) atoms. The number of carbonyl (C=O) groups excluding carboxylic acids is 2. The summed E-state index contributed by atoms with van der Waals surface area (Å²) < 4.78 is 0. The molecule has 1 aliphatic carbocycles. The molecule has 5 nitrogen and oxygen atoms in total. The summed E-state index contributed by atoms with van der Waals surface area (Å²) in [6, 6.07) is 0. The Labute approximate surface area is 187 Å². The topological polar surface area (TPSA) is 106 Å². The highest BCUT2D eigenvalue weighted by atomic mass is 32.2. The van der Waals surface area contributed by atoms with Crippen LogP contribution in [0.25, 0.3) is 0 Å². The minimum absolute atomic E-state index is 0.132. The highest BCUT2D eigenvalue weighted by molar-refractivity contribution is 8.00. The molecule has 0 aromatic rings. The average Bonchev–Trinajstić information content (AvgIpc) is 2.69. The van der Waals surface area contributed by atoms with Gasteiger partial charge in [0.2, 0.25) is 11.8 Å². The second-order valence-corrected chi connectivity index (χ2v) is 9.89. The second-order valence-electron chi connectivity index (χ2n) is 8.76. The number of aliphatic hydroxyl groups excluding tert-OH is 1. The Hall–Kier alpha value is -1.01. The molecule has 3 atom stereocenters. The number of allylic oxidation sites excluding steroid dienone is 1. The third kappa shape index (κ3) is 12.0. The lowest BCUT2D eigenvalue weighted by atomic mass is 9.80. The molecule has 5 N–H and O–H groups in total. The van der Waals surface area contributed by atoms with Crippen LogP contribution >= 0.6 is 11.8 Å². The smallest absolute Gasteiger partial charge is 0.227 e. The van der Waals surface area contributed by atoms with Gasteiger partial charge in [-0.2, -0.15) is 0 Å². The van der Waals surface area contributed by atoms with Crippen LogP contribution in [-0.2, 0) is 9.59 Å². The van der Waals surface area contributed by atoms with E-state index in [0.29, 0.717) is 0 Å². The molecule has 174 valence electrons. The van der Waals surface area contributed by atoms with Crippen molar-refractivity contribution >= 4 is 23.6 Å². The summed E-state index contributed by atoms with van der Waals surface area (Å²) in [6.45, 7) is 2.26. The summed E-state index contributed by atoms with van der Waals surface area (Å²) in [5.74, 6) is -0.715. The van der Waals surface area contributed by atoms with Gasteiger partial charge in [0.05, 0.1) is 17.1 Å². The zero-order valence-electron chi connectivity index (χ0n) is 18.9. The van der Waals surface area contributed by atoms with Crippen molar-refractivity contribution in [3.63, 3.8) is 0 Å². The standard InChI is InChI=1S/C24H44N2O3S/c1-2-3-4-5-6-7-8-9-10-11-12-13-14-19-15-16-20(17-21(25)27)23(29)24(19)30-18-22(26)28/h14,20,23-24,29H,2-13,15-18H2,1H3,(H2,25,27)(H2,26,28)/b19-14+/t20-,23-,24-/m1/s1. The van der Waals surface area contributed by atoms with Gasteiger partial charge in [-0.15, -0.1) is 11.8 Å². The van der Waals surface area contributed by atoms with Gasteiger partial charge in [-0.05, 0) is 31.6 Å². The van der Waals surface area contributed by atoms with Crippen molar-refractivity contribution in [3.8, 4) is 0 Å². The molecule has 1 saturated carbocycles. The van der Waals surface area contributed by atoms with Crippen LogP contribution < -0.4 is 11.5 Å². The molecule has 1 rings (SSSR count). The van der Waals surface area contributed by atoms with Crippen LogP contribution in [0.4, 0.5) is 0 Å². The summed E-state index contributed by atoms with van der Waals surface area (Å²) in [5, 5.41) is 10.6. The van der Waals surface area contributed by atoms with Crippen molar-refractivity contribution in [1.29, 1.82) is 0 Å². The fraction of sp³-hybridized carbons (Fsp3) is 0.833. The number of primary amides is 2. The van der Waals surface area contributed by atoms with Crippen LogP contribution in [0.15, 0.2) is 11.6 Å². The summed E-state index contributed by atoms with van der Waals surface area (Å²) in [4.78, 5) is 22.5. The normalized spacial score (nSPS) is 23.0. The van der Waals surface area contributed by atoms with Gasteiger partial charge in [0.15, 0.2) is 0 Å². The minimum atomic E-state index is -0.654. The molecule has 0 radical (unpaired) electrons. The molecular formula is C24H44N2O3S. The Morgan fingerprint density at radius 3 is 2.07 bits per heavy atom. The van der Waals surface area contributed by atoms with Crippen molar-refractivity contribution in [2.75, 3.05) is 5.75 Å². The molecule has 0 saturated heterocycles. The molecule has 1 fully saturated rings. The maximum atomic E-state index is 11.3. The average molecular weight is 441 g/mol. The van der Waals surface area contributed by atoms with E-state index in [1.807, 2.05) is 0 Å². The number of unbranched alkanes of at least 4 members (excludes halogenated alkanes) is 11. The Bertz CT molecular complexity index is 525. The molecule has 6 heteroatoms. The van der Waals surface area contributed by atoms with Crippen molar-refractivity contribution in [1.82, 2.24) is 0 Å². The molecule has 0 aromatic heterocycles. The molecular weight excluding hydrogens is 396 g/mol. The quantitative estimate of drug-likeness (QED) is 0.222. The van der Waals surface area contributed by atoms with Crippen LogP contribution in [0.2, 0.25) is 0 Å². The van der Waals surface area contributed by atoms with E-state index in [1.165, 1.54) is 81.5 Å². The number of thioether (sulfide) groups is 1. The molecule has 0 bridgehead atoms. The van der Waals surface area contributed by atoms with E-state index < -0.39 is 6.10 Å². The largest absolute Gasteiger partial charge is 0.391 e. The predicted molar refractivity (Wildman–Crippen MR) is 127 cm³/mol. The number of aliphatic hydroxyl groups is 1. The number of nitrogens with two attached hydrogens (primary N) is 2. The van der Waals surface area contributed by atoms with E-state index in [4.69, 9.17) is 11.5 Å². The second kappa shape index (κ2) is 16.7. The third-order valence-corrected chi connectivity index (χ3v) is 7.44. The fourth-order valence-electron chi connectivity index (χ4n) is 4.30. The molecule has 0 aliphatic heterocycles. The lowest BCUT2D eigenvalue weighted by Crippen LogP contribution is -2.40. The summed E-state index contributed by atoms with van der Waals surface area (Å²) in [6.07, 6.45) is 19.0. The maximum absolute atomic E-state index is 11.3. The van der Waals surface area contributed by atoms with Gasteiger partial charge in [-0.1, -0.05) is 82.8 Å². The van der Waals surface area contributed by atoms with Crippen LogP contribution in [0.5, 0.6) is 0 Å². The van der Waals surface area contributed by atoms with E-state index in [0.717, 1.165) is 25.7 Å². The molecule has 0 spiro atoms. The molecule has 0 aromatic carbocycles. The maximum Gasteiger partial charge on any atom is 0.227 e. The van der Waals surface area contributed by atoms with Gasteiger partial charge in [-0.3, -0.25) is 9.59 Å². The highest BCUT2D eigenvalue weighted by Crippen LogP contribution is 2.38. The van der Waals surface area contributed by atoms with E-state index in [-0.39, 0.29) is 35.2 Å². The summed E-state index contributed by atoms with van der Waals surface area (Å²) in [5.41, 5.74) is 11.8. The van der Waals surface area contributed by atoms with Crippen LogP contribution in [0.1, 0.15) is 103 Å². The van der Waals surface area contributed by atoms with Crippen LogP contribution in [0, 0.1) is 5.92 Å². The SMILES string of the molecule is CCCCCCCCCCCCC/C=C1\CC[C@H](CC(N)=O)[C@@H](O)[C@@H]1SCC(N)=O. The van der Waals surface area contributed by atoms with Crippen molar-refractivity contribution in [3.05, 3.63) is 11.6 Å². The Kier molecular flexibility index (Phi) is 15.0. The van der Waals surface area contributed by atoms with Gasteiger partial charge in [-0.25, -0.2) is 0 Å². The zero-order chi connectivity index (χ0) is 22.2. The molecule has 1 aliphatic rings. The predicted octanol–water partition coefficient (Wildman–Crippen LogP) is 4.85. The van der Waals surface area contributed by atoms with E-state index in [9.17, 15) is 14.7 Å². The Morgan fingerprint density at radius 1 is 0.967 bits per heavy atom. The fourth-order valence-corrected chi connectivity index (χ4v) is 5.50. The number of hydrogen-bond acceptors (Lipinski definition) is 4. The van der Waals surface area contributed by atoms with Crippen LogP contribution in [0.3, 0.4) is 0 Å². The number of amides is 2. The van der Waals surface area contributed by atoms with Gasteiger partial charge < -0.3 is 16.6 Å². The summed E-state index contributed by atoms with van der Waals surface area (Å²) in [7, 11) is 0. The van der Waals surface area contributed by atoms with Gasteiger partial charge >= 0.3 is 0 Å². The van der Waals surface area contributed by atoms with Crippen LogP contribution in [-0.4, -0.2) is 34.0 Å². The Morgan fingerprint density at radius 2 is 1.53 bits per heavy atom. The van der Waals surface area contributed by atoms with Crippen molar-refractivity contribution in [2.24, 2.45) is 17.4 Å². The van der Waals surface area contributed by atoms with Crippen molar-refractivity contribution in [2.45, 2.75) is 115 Å². The minimum Gasteiger partial charge on any atom is -0.391 e. The lowest BCUT2D eigenvalue weighted by Gasteiger charge is -2.36. The number of hydrogen-bond donors (Lipinski definition) is 3. The van der Waals surface area contributed by atoms with Gasteiger partial charge in [0.25, 0.3) is 0 Å². The van der Waals surface area contributed by atoms with Gasteiger partial charge in [0, 0.05) is 6.42 Å². The monoisotopic (exact) mass is 440 g/mol. The molecule has 0 unspecified atom stereocenters. The van der Waals surface area contributed by atoms with E-state index in [2.05, 4.69) is 13.0 Å². The molecule has 2 amide bonds. The van der Waals surface area contributed by atoms with E-state index >= 15 is 0 Å².